The first-order valence-electron chi connectivity index (χ1n) is 5.78. The van der Waals surface area contributed by atoms with Crippen LogP contribution in [0.25, 0.3) is 28.0 Å². The third-order valence-corrected chi connectivity index (χ3v) is 3.01. The molecule has 2 aromatic heterocycles. The average Bonchev–Trinajstić information content (AvgIpc) is 2.75. The SMILES string of the molecule is Cc1cnc2[nH]c3c(/C=C/C=O)cccc3c2c1. The van der Waals surface area contributed by atoms with Gasteiger partial charge in [0.15, 0.2) is 0 Å². The normalized spacial score (nSPS) is 11.6. The van der Waals surface area contributed by atoms with Crippen molar-refractivity contribution >= 4 is 34.3 Å². The van der Waals surface area contributed by atoms with Gasteiger partial charge in [0.1, 0.15) is 11.9 Å². The van der Waals surface area contributed by atoms with Gasteiger partial charge in [0, 0.05) is 17.0 Å². The Kier molecular flexibility index (Phi) is 2.45. The molecule has 1 N–H and O–H groups in total. The number of aldehydes is 1. The molecule has 0 fully saturated rings. The van der Waals surface area contributed by atoms with Crippen LogP contribution < -0.4 is 0 Å². The maximum atomic E-state index is 10.4. The van der Waals surface area contributed by atoms with E-state index < -0.39 is 0 Å². The predicted molar refractivity (Wildman–Crippen MR) is 73.4 cm³/mol. The number of rotatable bonds is 2. The van der Waals surface area contributed by atoms with Crippen LogP contribution in [0, 0.1) is 6.92 Å². The van der Waals surface area contributed by atoms with Crippen LogP contribution in [-0.2, 0) is 4.79 Å². The van der Waals surface area contributed by atoms with Crippen LogP contribution >= 0.6 is 0 Å². The molecular formula is C15H12N2O. The number of aryl methyl sites for hydroxylation is 1. The lowest BCUT2D eigenvalue weighted by molar-refractivity contribution is -0.104. The second kappa shape index (κ2) is 4.11. The number of nitrogens with one attached hydrogen (secondary N) is 1. The number of H-pyrrole nitrogens is 1. The Bertz CT molecular complexity index is 769. The van der Waals surface area contributed by atoms with Gasteiger partial charge >= 0.3 is 0 Å². The van der Waals surface area contributed by atoms with Crippen molar-refractivity contribution in [1.29, 1.82) is 0 Å². The molecule has 3 aromatic rings. The molecule has 0 bridgehead atoms. The molecule has 0 saturated heterocycles. The van der Waals surface area contributed by atoms with Crippen molar-refractivity contribution in [2.24, 2.45) is 0 Å². The standard InChI is InChI=1S/C15H12N2O/c1-10-8-13-12-6-2-4-11(5-3-7-18)14(12)17-15(13)16-9-10/h2-9H,1H3,(H,16,17)/b5-3+. The van der Waals surface area contributed by atoms with Gasteiger partial charge in [-0.2, -0.15) is 0 Å². The molecule has 3 heteroatoms. The number of fused-ring (bicyclic) bond motifs is 3. The molecule has 2 heterocycles. The van der Waals surface area contributed by atoms with Gasteiger partial charge in [-0.25, -0.2) is 4.98 Å². The minimum Gasteiger partial charge on any atom is -0.339 e. The van der Waals surface area contributed by atoms with Gasteiger partial charge in [0.2, 0.25) is 0 Å². The molecule has 0 atom stereocenters. The zero-order chi connectivity index (χ0) is 12.5. The number of nitrogens with zero attached hydrogens (tertiary/aromatic N) is 1. The van der Waals surface area contributed by atoms with Crippen molar-refractivity contribution in [3.05, 3.63) is 47.7 Å². The highest BCUT2D eigenvalue weighted by Crippen LogP contribution is 2.27. The van der Waals surface area contributed by atoms with E-state index >= 15 is 0 Å². The monoisotopic (exact) mass is 236 g/mol. The summed E-state index contributed by atoms with van der Waals surface area (Å²) >= 11 is 0. The van der Waals surface area contributed by atoms with Crippen LogP contribution in [0.15, 0.2) is 36.5 Å². The fraction of sp³-hybridized carbons (Fsp3) is 0.0667. The Morgan fingerprint density at radius 2 is 2.17 bits per heavy atom. The molecule has 3 rings (SSSR count). The van der Waals surface area contributed by atoms with Crippen molar-refractivity contribution < 1.29 is 4.79 Å². The van der Waals surface area contributed by atoms with Gasteiger partial charge in [-0.1, -0.05) is 18.2 Å². The molecule has 0 saturated carbocycles. The number of carbonyl (C=O) groups excluding carboxylic acids is 1. The van der Waals surface area contributed by atoms with E-state index in [0.717, 1.165) is 39.3 Å². The van der Waals surface area contributed by atoms with Crippen LogP contribution in [0.1, 0.15) is 11.1 Å². The van der Waals surface area contributed by atoms with Crippen molar-refractivity contribution in [1.82, 2.24) is 9.97 Å². The summed E-state index contributed by atoms with van der Waals surface area (Å²) in [5, 5.41) is 2.25. The van der Waals surface area contributed by atoms with Crippen molar-refractivity contribution in [2.45, 2.75) is 6.92 Å². The van der Waals surface area contributed by atoms with Gasteiger partial charge in [-0.05, 0) is 36.3 Å². The summed E-state index contributed by atoms with van der Waals surface area (Å²) in [7, 11) is 0. The van der Waals surface area contributed by atoms with Crippen LogP contribution in [0.3, 0.4) is 0 Å². The Labute approximate surface area is 104 Å². The highest BCUT2D eigenvalue weighted by molar-refractivity contribution is 6.08. The first-order valence-corrected chi connectivity index (χ1v) is 5.78. The summed E-state index contributed by atoms with van der Waals surface area (Å²) in [5.41, 5.74) is 4.03. The minimum atomic E-state index is 0.782. The average molecular weight is 236 g/mol. The number of benzene rings is 1. The number of carbonyl (C=O) groups is 1. The molecule has 0 unspecified atom stereocenters. The summed E-state index contributed by atoms with van der Waals surface area (Å²) in [5.74, 6) is 0. The van der Waals surface area contributed by atoms with Crippen molar-refractivity contribution in [3.8, 4) is 0 Å². The third-order valence-electron chi connectivity index (χ3n) is 3.01. The fourth-order valence-corrected chi connectivity index (χ4v) is 2.21. The highest BCUT2D eigenvalue weighted by Gasteiger charge is 2.07. The quantitative estimate of drug-likeness (QED) is 0.548. The molecule has 0 amide bonds. The summed E-state index contributed by atoms with van der Waals surface area (Å²) < 4.78 is 0. The maximum absolute atomic E-state index is 10.4. The number of para-hydroxylation sites is 1. The predicted octanol–water partition coefficient (Wildman–Crippen LogP) is 3.24. The molecule has 0 aliphatic carbocycles. The van der Waals surface area contributed by atoms with Crippen molar-refractivity contribution in [2.75, 3.05) is 0 Å². The van der Waals surface area contributed by atoms with Gasteiger partial charge in [-0.15, -0.1) is 0 Å². The van der Waals surface area contributed by atoms with E-state index in [0.29, 0.717) is 0 Å². The van der Waals surface area contributed by atoms with E-state index in [1.807, 2.05) is 25.3 Å². The third kappa shape index (κ3) is 1.61. The molecule has 0 aliphatic heterocycles. The highest BCUT2D eigenvalue weighted by atomic mass is 16.1. The number of hydrogen-bond donors (Lipinski definition) is 1. The van der Waals surface area contributed by atoms with Gasteiger partial charge in [0.05, 0.1) is 5.52 Å². The smallest absolute Gasteiger partial charge is 0.142 e. The summed E-state index contributed by atoms with van der Waals surface area (Å²) in [6.45, 7) is 2.03. The number of hydrogen-bond acceptors (Lipinski definition) is 2. The number of pyridine rings is 1. The molecular weight excluding hydrogens is 224 g/mol. The van der Waals surface area contributed by atoms with Gasteiger partial charge in [0.25, 0.3) is 0 Å². The lowest BCUT2D eigenvalue weighted by atomic mass is 10.1. The molecule has 0 aliphatic rings. The van der Waals surface area contributed by atoms with Crippen LogP contribution in [0.2, 0.25) is 0 Å². The maximum Gasteiger partial charge on any atom is 0.142 e. The van der Waals surface area contributed by atoms with Gasteiger partial charge < -0.3 is 4.98 Å². The largest absolute Gasteiger partial charge is 0.339 e. The van der Waals surface area contributed by atoms with Crippen LogP contribution in [0.5, 0.6) is 0 Å². The zero-order valence-electron chi connectivity index (χ0n) is 9.97. The Morgan fingerprint density at radius 3 is 3.00 bits per heavy atom. The van der Waals surface area contributed by atoms with E-state index in [1.54, 1.807) is 6.08 Å². The number of aromatic nitrogens is 2. The Hall–Kier alpha value is -2.42. The molecule has 3 nitrogen and oxygen atoms in total. The van der Waals surface area contributed by atoms with Crippen LogP contribution in [0.4, 0.5) is 0 Å². The lowest BCUT2D eigenvalue weighted by Crippen LogP contribution is -1.77. The van der Waals surface area contributed by atoms with Crippen molar-refractivity contribution in [3.63, 3.8) is 0 Å². The molecule has 88 valence electrons. The summed E-state index contributed by atoms with van der Waals surface area (Å²) in [4.78, 5) is 18.1. The lowest BCUT2D eigenvalue weighted by Gasteiger charge is -1.95. The van der Waals surface area contributed by atoms with E-state index in [9.17, 15) is 4.79 Å². The summed E-state index contributed by atoms with van der Waals surface area (Å²) in [6.07, 6.45) is 5.93. The first-order chi connectivity index (χ1) is 8.79. The zero-order valence-corrected chi connectivity index (χ0v) is 9.97. The molecule has 0 radical (unpaired) electrons. The Balaban J connectivity index is 2.38. The van der Waals surface area contributed by atoms with Crippen LogP contribution in [-0.4, -0.2) is 16.3 Å². The minimum absolute atomic E-state index is 0.782. The van der Waals surface area contributed by atoms with E-state index in [4.69, 9.17) is 0 Å². The van der Waals surface area contributed by atoms with E-state index in [-0.39, 0.29) is 0 Å². The van der Waals surface area contributed by atoms with E-state index in [1.165, 1.54) is 6.08 Å². The van der Waals surface area contributed by atoms with E-state index in [2.05, 4.69) is 22.1 Å². The first kappa shape index (κ1) is 10.7. The molecule has 1 aromatic carbocycles. The fourth-order valence-electron chi connectivity index (χ4n) is 2.21. The van der Waals surface area contributed by atoms with Gasteiger partial charge in [-0.3, -0.25) is 4.79 Å². The number of aromatic amines is 1. The summed E-state index contributed by atoms with van der Waals surface area (Å²) in [6, 6.07) is 8.15. The number of allylic oxidation sites excluding steroid dienone is 1. The molecule has 0 spiro atoms. The second-order valence-corrected chi connectivity index (χ2v) is 4.30. The molecule has 18 heavy (non-hydrogen) atoms. The topological polar surface area (TPSA) is 45.8 Å². The second-order valence-electron chi connectivity index (χ2n) is 4.30. The Morgan fingerprint density at radius 1 is 1.28 bits per heavy atom.